The molecule has 2 heterocycles. The zero-order valence-electron chi connectivity index (χ0n) is 24.4. The number of para-hydroxylation sites is 1. The minimum absolute atomic E-state index is 0.139. The van der Waals surface area contributed by atoms with E-state index in [1.54, 1.807) is 51.2 Å². The monoisotopic (exact) mass is 601 g/mol. The Hall–Kier alpha value is -4.50. The van der Waals surface area contributed by atoms with Crippen molar-refractivity contribution in [1.29, 1.82) is 0 Å². The lowest BCUT2D eigenvalue weighted by Crippen LogP contribution is -2.52. The highest BCUT2D eigenvalue weighted by Gasteiger charge is 2.35. The molecule has 0 aliphatic rings. The van der Waals surface area contributed by atoms with Crippen LogP contribution < -0.4 is 29.8 Å². The number of hydrogen-bond acceptors (Lipinski definition) is 11. The number of aryl methyl sites for hydroxylation is 1. The Kier molecular flexibility index (Phi) is 11.0. The first-order valence-electron chi connectivity index (χ1n) is 12.8. The summed E-state index contributed by atoms with van der Waals surface area (Å²) in [5.41, 5.74) is 6.20. The van der Waals surface area contributed by atoms with E-state index in [9.17, 15) is 13.2 Å². The molecule has 0 fully saturated rings. The van der Waals surface area contributed by atoms with Gasteiger partial charge in [0.15, 0.2) is 17.3 Å². The van der Waals surface area contributed by atoms with Gasteiger partial charge in [-0.3, -0.25) is 25.4 Å². The fourth-order valence-electron chi connectivity index (χ4n) is 3.64. The number of ether oxygens (including phenoxy) is 4. The van der Waals surface area contributed by atoms with Crippen molar-refractivity contribution < 1.29 is 32.2 Å². The lowest BCUT2D eigenvalue weighted by molar-refractivity contribution is 0.00130. The van der Waals surface area contributed by atoms with E-state index in [1.165, 1.54) is 46.8 Å². The highest BCUT2D eigenvalue weighted by atomic mass is 32.2. The number of carbonyl (C=O) groups is 1. The van der Waals surface area contributed by atoms with E-state index in [0.29, 0.717) is 17.2 Å². The van der Waals surface area contributed by atoms with Crippen LogP contribution in [0.15, 0.2) is 54.0 Å². The van der Waals surface area contributed by atoms with Gasteiger partial charge in [0, 0.05) is 12.4 Å². The SMILES string of the molecule is COc1cnc([C@H](OC(C)C)[C@H](C)S(=O)(=O)N/C(=N\c2c(OC)cccc2OC)NNC(=O)c2cncc(C)c2)nc1. The Morgan fingerprint density at radius 1 is 0.929 bits per heavy atom. The second-order valence-electron chi connectivity index (χ2n) is 9.24. The molecule has 1 amide bonds. The van der Waals surface area contributed by atoms with Gasteiger partial charge >= 0.3 is 0 Å². The molecule has 2 atom stereocenters. The Labute approximate surface area is 244 Å². The maximum absolute atomic E-state index is 13.7. The fourth-order valence-corrected chi connectivity index (χ4v) is 4.70. The first-order chi connectivity index (χ1) is 20.0. The van der Waals surface area contributed by atoms with Gasteiger partial charge < -0.3 is 18.9 Å². The second-order valence-corrected chi connectivity index (χ2v) is 11.3. The third kappa shape index (κ3) is 8.27. The van der Waals surface area contributed by atoms with Crippen molar-refractivity contribution in [3.63, 3.8) is 0 Å². The van der Waals surface area contributed by atoms with Crippen molar-refractivity contribution in [2.75, 3.05) is 21.3 Å². The molecule has 3 aromatic rings. The molecule has 14 nitrogen and oxygen atoms in total. The normalized spacial score (nSPS) is 13.2. The van der Waals surface area contributed by atoms with E-state index in [0.717, 1.165) is 5.56 Å². The van der Waals surface area contributed by atoms with Crippen LogP contribution in [-0.2, 0) is 14.8 Å². The predicted octanol–water partition coefficient (Wildman–Crippen LogP) is 2.60. The minimum Gasteiger partial charge on any atom is -0.494 e. The Bertz CT molecular complexity index is 1480. The lowest BCUT2D eigenvalue weighted by Gasteiger charge is -2.26. The standard InChI is InChI=1S/C27H35N7O7S/c1-16(2)41-24(25-29-14-20(38-5)15-30-25)18(4)42(36,37)34-27(31-23-21(39-6)9-8-10-22(23)40-7)33-32-26(35)19-11-17(3)12-28-13-19/h8-16,18,24H,1-7H3,(H,32,35)(H2,31,33,34)/t18-,24+/m0/s1. The first kappa shape index (κ1) is 32.0. The predicted molar refractivity (Wildman–Crippen MR) is 155 cm³/mol. The number of aromatic nitrogens is 3. The smallest absolute Gasteiger partial charge is 0.271 e. The van der Waals surface area contributed by atoms with Crippen LogP contribution in [0.2, 0.25) is 0 Å². The van der Waals surface area contributed by atoms with Gasteiger partial charge in [-0.05, 0) is 51.5 Å². The third-order valence-electron chi connectivity index (χ3n) is 5.77. The van der Waals surface area contributed by atoms with Crippen LogP contribution in [0.5, 0.6) is 17.2 Å². The number of methoxy groups -OCH3 is 3. The van der Waals surface area contributed by atoms with Crippen molar-refractivity contribution in [2.24, 2.45) is 4.99 Å². The number of sulfonamides is 1. The van der Waals surface area contributed by atoms with Crippen LogP contribution >= 0.6 is 0 Å². The molecule has 0 saturated heterocycles. The van der Waals surface area contributed by atoms with Gasteiger partial charge in [-0.2, -0.15) is 0 Å². The number of carbonyl (C=O) groups excluding carboxylic acids is 1. The first-order valence-corrected chi connectivity index (χ1v) is 14.3. The summed E-state index contributed by atoms with van der Waals surface area (Å²) in [7, 11) is 0.0629. The van der Waals surface area contributed by atoms with Crippen LogP contribution in [0.25, 0.3) is 0 Å². The summed E-state index contributed by atoms with van der Waals surface area (Å²) in [6, 6.07) is 6.56. The summed E-state index contributed by atoms with van der Waals surface area (Å²) in [5.74, 6) is 0.203. The molecule has 1 aromatic carbocycles. The van der Waals surface area contributed by atoms with Gasteiger partial charge in [-0.15, -0.1) is 0 Å². The van der Waals surface area contributed by atoms with E-state index in [1.807, 2.05) is 0 Å². The molecule has 42 heavy (non-hydrogen) atoms. The van der Waals surface area contributed by atoms with E-state index in [2.05, 4.69) is 35.5 Å². The lowest BCUT2D eigenvalue weighted by atomic mass is 10.2. The minimum atomic E-state index is -4.27. The Morgan fingerprint density at radius 2 is 1.57 bits per heavy atom. The van der Waals surface area contributed by atoms with E-state index >= 15 is 0 Å². The number of guanidine groups is 1. The van der Waals surface area contributed by atoms with Crippen LogP contribution in [0, 0.1) is 6.92 Å². The molecule has 2 aromatic heterocycles. The van der Waals surface area contributed by atoms with Crippen LogP contribution in [-0.4, -0.2) is 67.9 Å². The molecular formula is C27H35N7O7S. The molecule has 0 radical (unpaired) electrons. The Balaban J connectivity index is 1.99. The number of hydrogen-bond donors (Lipinski definition) is 3. The average molecular weight is 602 g/mol. The molecule has 0 bridgehead atoms. The molecule has 0 aliphatic heterocycles. The van der Waals surface area contributed by atoms with Crippen LogP contribution in [0.4, 0.5) is 5.69 Å². The van der Waals surface area contributed by atoms with Gasteiger partial charge in [-0.25, -0.2) is 23.4 Å². The number of pyridine rings is 1. The maximum atomic E-state index is 13.7. The summed E-state index contributed by atoms with van der Waals surface area (Å²) in [6.07, 6.45) is 4.39. The van der Waals surface area contributed by atoms with Gasteiger partial charge in [0.05, 0.1) is 45.4 Å². The van der Waals surface area contributed by atoms with Crippen molar-refractivity contribution in [3.05, 3.63) is 66.0 Å². The molecule has 226 valence electrons. The highest BCUT2D eigenvalue weighted by Crippen LogP contribution is 2.37. The summed E-state index contributed by atoms with van der Waals surface area (Å²) in [6.45, 7) is 6.76. The van der Waals surface area contributed by atoms with Crippen molar-refractivity contribution in [2.45, 2.75) is 45.2 Å². The molecule has 0 saturated carbocycles. The summed E-state index contributed by atoms with van der Waals surface area (Å²) >= 11 is 0. The van der Waals surface area contributed by atoms with Gasteiger partial charge in [0.2, 0.25) is 16.0 Å². The Morgan fingerprint density at radius 3 is 2.12 bits per heavy atom. The number of rotatable bonds is 11. The summed E-state index contributed by atoms with van der Waals surface area (Å²) < 4.78 is 51.7. The quantitative estimate of drug-likeness (QED) is 0.167. The number of hydrazine groups is 1. The third-order valence-corrected chi connectivity index (χ3v) is 7.47. The van der Waals surface area contributed by atoms with Gasteiger partial charge in [0.1, 0.15) is 22.9 Å². The second kappa shape index (κ2) is 14.4. The number of benzene rings is 1. The summed E-state index contributed by atoms with van der Waals surface area (Å²) in [4.78, 5) is 29.7. The fraction of sp³-hybridized carbons (Fsp3) is 0.370. The topological polar surface area (TPSA) is 175 Å². The molecule has 0 unspecified atom stereocenters. The molecule has 3 rings (SSSR count). The van der Waals surface area contributed by atoms with Gasteiger partial charge in [0.25, 0.3) is 5.91 Å². The largest absolute Gasteiger partial charge is 0.494 e. The van der Waals surface area contributed by atoms with Crippen LogP contribution in [0.1, 0.15) is 48.6 Å². The molecule has 3 N–H and O–H groups in total. The summed E-state index contributed by atoms with van der Waals surface area (Å²) in [5, 5.41) is -1.23. The maximum Gasteiger partial charge on any atom is 0.271 e. The number of nitrogens with one attached hydrogen (secondary N) is 3. The number of amides is 1. The van der Waals surface area contributed by atoms with Crippen molar-refractivity contribution in [3.8, 4) is 17.2 Å². The molecule has 0 aliphatic carbocycles. The van der Waals surface area contributed by atoms with E-state index < -0.39 is 27.3 Å². The average Bonchev–Trinajstić information content (AvgIpc) is 2.98. The van der Waals surface area contributed by atoms with E-state index in [4.69, 9.17) is 18.9 Å². The number of nitrogens with zero attached hydrogens (tertiary/aromatic N) is 4. The highest BCUT2D eigenvalue weighted by molar-refractivity contribution is 7.90. The van der Waals surface area contributed by atoms with E-state index in [-0.39, 0.29) is 29.1 Å². The zero-order chi connectivity index (χ0) is 30.9. The zero-order valence-corrected chi connectivity index (χ0v) is 25.2. The number of aliphatic imine (C=N–C) groups is 1. The molecule has 0 spiro atoms. The van der Waals surface area contributed by atoms with Gasteiger partial charge in [-0.1, -0.05) is 6.07 Å². The van der Waals surface area contributed by atoms with Crippen LogP contribution in [0.3, 0.4) is 0 Å². The molecular weight excluding hydrogens is 566 g/mol. The molecule has 15 heteroatoms. The van der Waals surface area contributed by atoms with Crippen molar-refractivity contribution >= 4 is 27.6 Å². The van der Waals surface area contributed by atoms with Crippen molar-refractivity contribution in [1.82, 2.24) is 30.5 Å².